The van der Waals surface area contributed by atoms with Crippen LogP contribution < -0.4 is 0 Å². The number of hydrogen-bond acceptors (Lipinski definition) is 3. The molecule has 2 N–H and O–H groups in total. The minimum Gasteiger partial charge on any atom is -0.493 e. The van der Waals surface area contributed by atoms with Crippen molar-refractivity contribution in [3.63, 3.8) is 0 Å². The minimum atomic E-state index is -0.356. The van der Waals surface area contributed by atoms with E-state index < -0.39 is 0 Å². The van der Waals surface area contributed by atoms with Crippen molar-refractivity contribution in [3.8, 4) is 5.88 Å². The average Bonchev–Trinajstić information content (AvgIpc) is 2.81. The Balaban J connectivity index is 1.81. The Morgan fingerprint density at radius 1 is 1.05 bits per heavy atom. The van der Waals surface area contributed by atoms with E-state index in [2.05, 4.69) is 15.2 Å². The minimum absolute atomic E-state index is 0.0903. The van der Waals surface area contributed by atoms with E-state index in [0.29, 0.717) is 0 Å². The van der Waals surface area contributed by atoms with Crippen molar-refractivity contribution < 1.29 is 9.90 Å². The number of fused-ring (bicyclic) bond motifs is 1. The summed E-state index contributed by atoms with van der Waals surface area (Å²) in [7, 11) is 0. The lowest BCUT2D eigenvalue weighted by molar-refractivity contribution is -0.117. The zero-order valence-corrected chi connectivity index (χ0v) is 11.2. The molecule has 1 amide bonds. The molecule has 104 valence electrons. The number of aromatic amines is 1. The van der Waals surface area contributed by atoms with Gasteiger partial charge in [-0.05, 0) is 11.6 Å². The number of benzene rings is 2. The standard InChI is InChI=1S/C16H13N3O2/c20-14(10-11-6-2-1-3-7-11)18-19-15-12-8-4-5-9-13(12)17-16(15)21/h1-9,17,21H,10H2. The molecule has 3 aromatic rings. The first kappa shape index (κ1) is 13.1. The third-order valence-corrected chi connectivity index (χ3v) is 3.12. The maximum Gasteiger partial charge on any atom is 0.269 e. The van der Waals surface area contributed by atoms with Crippen molar-refractivity contribution in [2.75, 3.05) is 0 Å². The van der Waals surface area contributed by atoms with Gasteiger partial charge in [0.2, 0.25) is 5.88 Å². The molecule has 1 aromatic heterocycles. The molecular formula is C16H13N3O2. The predicted octanol–water partition coefficient (Wildman–Crippen LogP) is 3.73. The van der Waals surface area contributed by atoms with E-state index in [-0.39, 0.29) is 23.9 Å². The van der Waals surface area contributed by atoms with Crippen molar-refractivity contribution in [2.24, 2.45) is 10.2 Å². The van der Waals surface area contributed by atoms with E-state index in [0.717, 1.165) is 16.5 Å². The van der Waals surface area contributed by atoms with Crippen LogP contribution >= 0.6 is 0 Å². The lowest BCUT2D eigenvalue weighted by atomic mass is 10.1. The number of H-pyrrole nitrogens is 1. The smallest absolute Gasteiger partial charge is 0.269 e. The van der Waals surface area contributed by atoms with Crippen LogP contribution in [-0.2, 0) is 11.2 Å². The van der Waals surface area contributed by atoms with E-state index in [9.17, 15) is 9.90 Å². The molecule has 0 aliphatic rings. The van der Waals surface area contributed by atoms with Crippen LogP contribution in [0.1, 0.15) is 5.56 Å². The molecule has 1 heterocycles. The van der Waals surface area contributed by atoms with Gasteiger partial charge in [0.15, 0.2) is 5.69 Å². The highest BCUT2D eigenvalue weighted by molar-refractivity contribution is 5.94. The summed E-state index contributed by atoms with van der Waals surface area (Å²) in [5.74, 6) is -0.446. The molecule has 2 aromatic carbocycles. The van der Waals surface area contributed by atoms with Crippen molar-refractivity contribution in [1.82, 2.24) is 4.98 Å². The largest absolute Gasteiger partial charge is 0.493 e. The molecular weight excluding hydrogens is 266 g/mol. The van der Waals surface area contributed by atoms with Crippen LogP contribution in [0.2, 0.25) is 0 Å². The zero-order valence-electron chi connectivity index (χ0n) is 11.2. The molecule has 0 saturated carbocycles. The van der Waals surface area contributed by atoms with Gasteiger partial charge in [-0.2, -0.15) is 0 Å². The molecule has 0 aliphatic heterocycles. The zero-order chi connectivity index (χ0) is 14.7. The van der Waals surface area contributed by atoms with Gasteiger partial charge in [-0.25, -0.2) is 0 Å². The van der Waals surface area contributed by atoms with Gasteiger partial charge in [0.05, 0.1) is 11.9 Å². The summed E-state index contributed by atoms with van der Waals surface area (Å²) in [6.07, 6.45) is 0.188. The monoisotopic (exact) mass is 279 g/mol. The Hall–Kier alpha value is -2.95. The van der Waals surface area contributed by atoms with E-state index in [1.54, 1.807) is 0 Å². The fourth-order valence-electron chi connectivity index (χ4n) is 2.13. The maximum atomic E-state index is 11.8. The molecule has 0 bridgehead atoms. The maximum absolute atomic E-state index is 11.8. The summed E-state index contributed by atoms with van der Waals surface area (Å²) < 4.78 is 0. The van der Waals surface area contributed by atoms with Crippen molar-refractivity contribution in [1.29, 1.82) is 0 Å². The summed E-state index contributed by atoms with van der Waals surface area (Å²) in [5, 5.41) is 18.1. The van der Waals surface area contributed by atoms with E-state index >= 15 is 0 Å². The Bertz CT molecular complexity index is 807. The predicted molar refractivity (Wildman–Crippen MR) is 79.6 cm³/mol. The molecule has 0 unspecified atom stereocenters. The number of hydrogen-bond donors (Lipinski definition) is 2. The Morgan fingerprint density at radius 3 is 2.57 bits per heavy atom. The molecule has 21 heavy (non-hydrogen) atoms. The van der Waals surface area contributed by atoms with Crippen LogP contribution in [0.4, 0.5) is 5.69 Å². The summed E-state index contributed by atoms with van der Waals surface area (Å²) >= 11 is 0. The molecule has 5 nitrogen and oxygen atoms in total. The summed E-state index contributed by atoms with van der Waals surface area (Å²) in [6, 6.07) is 16.6. The summed E-state index contributed by atoms with van der Waals surface area (Å²) in [4.78, 5) is 14.6. The second-order valence-corrected chi connectivity index (χ2v) is 4.62. The molecule has 0 radical (unpaired) electrons. The second kappa shape index (κ2) is 5.58. The molecule has 3 rings (SSSR count). The first-order chi connectivity index (χ1) is 10.2. The second-order valence-electron chi connectivity index (χ2n) is 4.62. The molecule has 0 saturated heterocycles. The van der Waals surface area contributed by atoms with E-state index in [1.807, 2.05) is 54.6 Å². The highest BCUT2D eigenvalue weighted by Gasteiger charge is 2.10. The fourth-order valence-corrected chi connectivity index (χ4v) is 2.13. The lowest BCUT2D eigenvalue weighted by Crippen LogP contribution is -1.97. The molecule has 0 fully saturated rings. The van der Waals surface area contributed by atoms with Gasteiger partial charge in [0, 0.05) is 5.39 Å². The first-order valence-electron chi connectivity index (χ1n) is 6.52. The number of rotatable bonds is 3. The van der Waals surface area contributed by atoms with Gasteiger partial charge < -0.3 is 10.1 Å². The van der Waals surface area contributed by atoms with Crippen molar-refractivity contribution in [3.05, 3.63) is 60.2 Å². The van der Waals surface area contributed by atoms with Crippen LogP contribution in [0.5, 0.6) is 5.88 Å². The number of carbonyl (C=O) groups excluding carboxylic acids is 1. The Morgan fingerprint density at radius 2 is 1.76 bits per heavy atom. The lowest BCUT2D eigenvalue weighted by Gasteiger charge is -1.95. The van der Waals surface area contributed by atoms with Crippen LogP contribution in [0, 0.1) is 0 Å². The molecule has 0 atom stereocenters. The number of para-hydroxylation sites is 1. The highest BCUT2D eigenvalue weighted by atomic mass is 16.3. The van der Waals surface area contributed by atoms with Gasteiger partial charge in [-0.15, -0.1) is 10.2 Å². The molecule has 0 aliphatic carbocycles. The first-order valence-corrected chi connectivity index (χ1v) is 6.52. The van der Waals surface area contributed by atoms with Crippen LogP contribution in [-0.4, -0.2) is 16.0 Å². The number of aromatic nitrogens is 1. The number of nitrogens with one attached hydrogen (secondary N) is 1. The van der Waals surface area contributed by atoms with Crippen LogP contribution in [0.3, 0.4) is 0 Å². The van der Waals surface area contributed by atoms with Gasteiger partial charge in [-0.3, -0.25) is 4.79 Å². The van der Waals surface area contributed by atoms with Gasteiger partial charge in [0.1, 0.15) is 0 Å². The highest BCUT2D eigenvalue weighted by Crippen LogP contribution is 2.35. The fraction of sp³-hybridized carbons (Fsp3) is 0.0625. The topological polar surface area (TPSA) is 77.8 Å². The quantitative estimate of drug-likeness (QED) is 0.716. The third kappa shape index (κ3) is 2.81. The van der Waals surface area contributed by atoms with Gasteiger partial charge >= 0.3 is 0 Å². The Kier molecular flexibility index (Phi) is 3.47. The van der Waals surface area contributed by atoms with E-state index in [1.165, 1.54) is 0 Å². The molecule has 0 spiro atoms. The SMILES string of the molecule is O=C(Cc1ccccc1)N=Nc1c(O)[nH]c2ccccc12. The average molecular weight is 279 g/mol. The normalized spacial score (nSPS) is 11.2. The van der Waals surface area contributed by atoms with E-state index in [4.69, 9.17) is 0 Å². The van der Waals surface area contributed by atoms with Crippen molar-refractivity contribution >= 4 is 22.5 Å². The number of carbonyl (C=O) groups is 1. The Labute approximate surface area is 121 Å². The number of amides is 1. The number of nitrogens with zero attached hydrogens (tertiary/aromatic N) is 2. The van der Waals surface area contributed by atoms with Crippen molar-refractivity contribution in [2.45, 2.75) is 6.42 Å². The summed E-state index contributed by atoms with van der Waals surface area (Å²) in [6.45, 7) is 0. The van der Waals surface area contributed by atoms with Gasteiger partial charge in [0.25, 0.3) is 5.91 Å². The van der Waals surface area contributed by atoms with Crippen LogP contribution in [0.25, 0.3) is 10.9 Å². The third-order valence-electron chi connectivity index (χ3n) is 3.12. The summed E-state index contributed by atoms with van der Waals surface area (Å²) in [5.41, 5.74) is 1.91. The van der Waals surface area contributed by atoms with Crippen LogP contribution in [0.15, 0.2) is 64.8 Å². The number of aromatic hydroxyl groups is 1. The molecule has 5 heteroatoms. The van der Waals surface area contributed by atoms with Gasteiger partial charge in [-0.1, -0.05) is 48.5 Å². The number of azo groups is 1.